The molecular formula is C20H27F3N8O. The first kappa shape index (κ1) is 22.4. The SMILES string of the molecule is C[C@@H]1COC[C@@H](C)N1c1nc(-c2cnc(N)nc2C(F)(F)F)nc(N2CCCCCC2)n1. The van der Waals surface area contributed by atoms with E-state index in [2.05, 4.69) is 24.9 Å². The van der Waals surface area contributed by atoms with Gasteiger partial charge in [-0.15, -0.1) is 0 Å². The van der Waals surface area contributed by atoms with Gasteiger partial charge in [-0.2, -0.15) is 28.1 Å². The van der Waals surface area contributed by atoms with Crippen molar-refractivity contribution in [3.8, 4) is 11.4 Å². The third-order valence-corrected chi connectivity index (χ3v) is 5.72. The Morgan fingerprint density at radius 3 is 2.19 bits per heavy atom. The molecule has 9 nitrogen and oxygen atoms in total. The molecule has 0 saturated carbocycles. The molecule has 4 heterocycles. The number of halogens is 3. The van der Waals surface area contributed by atoms with Gasteiger partial charge in [0.25, 0.3) is 0 Å². The first-order chi connectivity index (χ1) is 15.2. The Labute approximate surface area is 184 Å². The Morgan fingerprint density at radius 2 is 1.56 bits per heavy atom. The molecule has 0 aromatic carbocycles. The lowest BCUT2D eigenvalue weighted by Gasteiger charge is -2.39. The van der Waals surface area contributed by atoms with Crippen molar-refractivity contribution in [3.05, 3.63) is 11.9 Å². The predicted molar refractivity (Wildman–Crippen MR) is 113 cm³/mol. The Bertz CT molecular complexity index is 939. The Balaban J connectivity index is 1.86. The number of ether oxygens (including phenoxy) is 1. The lowest BCUT2D eigenvalue weighted by Crippen LogP contribution is -2.50. The summed E-state index contributed by atoms with van der Waals surface area (Å²) in [4.78, 5) is 24.8. The summed E-state index contributed by atoms with van der Waals surface area (Å²) in [5.41, 5.74) is 3.96. The maximum Gasteiger partial charge on any atom is 0.434 e. The van der Waals surface area contributed by atoms with Crippen LogP contribution in [0.25, 0.3) is 11.4 Å². The number of morpholine rings is 1. The molecule has 12 heteroatoms. The zero-order chi connectivity index (χ0) is 22.9. The highest BCUT2D eigenvalue weighted by molar-refractivity contribution is 5.62. The van der Waals surface area contributed by atoms with Crippen LogP contribution in [0.2, 0.25) is 0 Å². The highest BCUT2D eigenvalue weighted by Gasteiger charge is 2.38. The highest BCUT2D eigenvalue weighted by atomic mass is 19.4. The lowest BCUT2D eigenvalue weighted by molar-refractivity contribution is -0.140. The van der Waals surface area contributed by atoms with E-state index in [0.29, 0.717) is 25.1 Å². The van der Waals surface area contributed by atoms with E-state index < -0.39 is 17.8 Å². The van der Waals surface area contributed by atoms with Gasteiger partial charge in [-0.05, 0) is 26.7 Å². The van der Waals surface area contributed by atoms with E-state index in [1.807, 2.05) is 23.6 Å². The molecule has 2 aromatic heterocycles. The van der Waals surface area contributed by atoms with E-state index >= 15 is 0 Å². The molecule has 0 radical (unpaired) electrons. The van der Waals surface area contributed by atoms with Gasteiger partial charge in [0.2, 0.25) is 17.8 Å². The Hall–Kier alpha value is -2.76. The molecule has 0 unspecified atom stereocenters. The lowest BCUT2D eigenvalue weighted by atomic mass is 10.2. The van der Waals surface area contributed by atoms with Crippen LogP contribution in [0.15, 0.2) is 6.20 Å². The second-order valence-electron chi connectivity index (χ2n) is 8.29. The summed E-state index contributed by atoms with van der Waals surface area (Å²) in [6.07, 6.45) is 0.439. The largest absolute Gasteiger partial charge is 0.434 e. The summed E-state index contributed by atoms with van der Waals surface area (Å²) < 4.78 is 46.8. The van der Waals surface area contributed by atoms with Gasteiger partial charge in [0.1, 0.15) is 0 Å². The maximum atomic E-state index is 13.7. The fraction of sp³-hybridized carbons (Fsp3) is 0.650. The van der Waals surface area contributed by atoms with Gasteiger partial charge in [-0.1, -0.05) is 12.8 Å². The molecule has 2 aliphatic heterocycles. The number of hydrogen-bond acceptors (Lipinski definition) is 9. The average Bonchev–Trinajstić information content (AvgIpc) is 3.02. The van der Waals surface area contributed by atoms with Crippen LogP contribution in [0.4, 0.5) is 31.0 Å². The van der Waals surface area contributed by atoms with Crippen molar-refractivity contribution in [2.45, 2.75) is 57.8 Å². The first-order valence-corrected chi connectivity index (χ1v) is 10.8. The van der Waals surface area contributed by atoms with Gasteiger partial charge in [0.05, 0.1) is 30.9 Å². The van der Waals surface area contributed by atoms with Crippen LogP contribution in [-0.2, 0) is 10.9 Å². The Morgan fingerprint density at radius 1 is 0.938 bits per heavy atom. The summed E-state index contributed by atoms with van der Waals surface area (Å²) >= 11 is 0. The first-order valence-electron chi connectivity index (χ1n) is 10.8. The average molecular weight is 452 g/mol. The van der Waals surface area contributed by atoms with E-state index in [4.69, 9.17) is 10.5 Å². The quantitative estimate of drug-likeness (QED) is 0.752. The van der Waals surface area contributed by atoms with Gasteiger partial charge in [-0.3, -0.25) is 0 Å². The normalized spacial score (nSPS) is 22.7. The van der Waals surface area contributed by atoms with E-state index in [1.165, 1.54) is 0 Å². The van der Waals surface area contributed by atoms with Gasteiger partial charge in [0.15, 0.2) is 11.5 Å². The molecule has 2 atom stereocenters. The van der Waals surface area contributed by atoms with E-state index in [-0.39, 0.29) is 23.5 Å². The third kappa shape index (κ3) is 4.69. The number of hydrogen-bond donors (Lipinski definition) is 1. The summed E-state index contributed by atoms with van der Waals surface area (Å²) in [7, 11) is 0. The molecule has 0 spiro atoms. The number of nitrogens with two attached hydrogens (primary N) is 1. The van der Waals surface area contributed by atoms with Crippen molar-refractivity contribution in [1.82, 2.24) is 24.9 Å². The molecule has 32 heavy (non-hydrogen) atoms. The van der Waals surface area contributed by atoms with Crippen LogP contribution < -0.4 is 15.5 Å². The second kappa shape index (κ2) is 9.00. The van der Waals surface area contributed by atoms with Crippen LogP contribution in [-0.4, -0.2) is 63.3 Å². The molecular weight excluding hydrogens is 425 g/mol. The molecule has 0 bridgehead atoms. The van der Waals surface area contributed by atoms with Gasteiger partial charge in [0, 0.05) is 19.3 Å². The molecule has 2 N–H and O–H groups in total. The van der Waals surface area contributed by atoms with Gasteiger partial charge in [-0.25, -0.2) is 9.97 Å². The van der Waals surface area contributed by atoms with Crippen LogP contribution >= 0.6 is 0 Å². The zero-order valence-electron chi connectivity index (χ0n) is 18.1. The topological polar surface area (TPSA) is 106 Å². The number of nitrogens with zero attached hydrogens (tertiary/aromatic N) is 7. The fourth-order valence-corrected chi connectivity index (χ4v) is 4.18. The van der Waals surface area contributed by atoms with E-state index in [9.17, 15) is 13.2 Å². The monoisotopic (exact) mass is 452 g/mol. The van der Waals surface area contributed by atoms with Crippen LogP contribution in [0.3, 0.4) is 0 Å². The molecule has 2 aliphatic rings. The summed E-state index contributed by atoms with van der Waals surface area (Å²) in [5, 5.41) is 0. The molecule has 2 aromatic rings. The number of alkyl halides is 3. The summed E-state index contributed by atoms with van der Waals surface area (Å²) in [5.74, 6) is 0.108. The summed E-state index contributed by atoms with van der Waals surface area (Å²) in [6, 6.07) is -0.0912. The molecule has 2 fully saturated rings. The second-order valence-corrected chi connectivity index (χ2v) is 8.29. The highest BCUT2D eigenvalue weighted by Crippen LogP contribution is 2.36. The minimum Gasteiger partial charge on any atom is -0.377 e. The smallest absolute Gasteiger partial charge is 0.377 e. The summed E-state index contributed by atoms with van der Waals surface area (Å²) in [6.45, 7) is 6.37. The van der Waals surface area contributed by atoms with E-state index in [0.717, 1.165) is 45.0 Å². The molecule has 2 saturated heterocycles. The van der Waals surface area contributed by atoms with Crippen molar-refractivity contribution in [3.63, 3.8) is 0 Å². The maximum absolute atomic E-state index is 13.7. The van der Waals surface area contributed by atoms with E-state index in [1.54, 1.807) is 0 Å². The van der Waals surface area contributed by atoms with Crippen molar-refractivity contribution in [1.29, 1.82) is 0 Å². The van der Waals surface area contributed by atoms with Gasteiger partial charge < -0.3 is 20.3 Å². The molecule has 0 amide bonds. The van der Waals surface area contributed by atoms with Crippen molar-refractivity contribution in [2.24, 2.45) is 0 Å². The fourth-order valence-electron chi connectivity index (χ4n) is 4.18. The van der Waals surface area contributed by atoms with Crippen molar-refractivity contribution in [2.75, 3.05) is 41.8 Å². The zero-order valence-corrected chi connectivity index (χ0v) is 18.1. The number of rotatable bonds is 3. The minimum absolute atomic E-state index is 0.0456. The number of aromatic nitrogens is 5. The van der Waals surface area contributed by atoms with Crippen molar-refractivity contribution >= 4 is 17.8 Å². The Kier molecular flexibility index (Phi) is 6.31. The number of nitrogen functional groups attached to an aromatic ring is 1. The van der Waals surface area contributed by atoms with Gasteiger partial charge >= 0.3 is 6.18 Å². The minimum atomic E-state index is -4.73. The standard InChI is InChI=1S/C20H27F3N8O/c1-12-10-32-11-13(2)31(12)19-28-16(14-9-25-17(24)26-15(14)20(21,22)23)27-18(29-19)30-7-5-3-4-6-8-30/h9,12-13H,3-8,10-11H2,1-2H3,(H2,24,25,26)/t12-,13-/m1/s1. The molecule has 0 aliphatic carbocycles. The molecule has 174 valence electrons. The van der Waals surface area contributed by atoms with Crippen molar-refractivity contribution < 1.29 is 17.9 Å². The molecule has 4 rings (SSSR count). The van der Waals surface area contributed by atoms with Crippen LogP contribution in [0.1, 0.15) is 45.2 Å². The van der Waals surface area contributed by atoms with Crippen LogP contribution in [0, 0.1) is 0 Å². The third-order valence-electron chi connectivity index (χ3n) is 5.72. The predicted octanol–water partition coefficient (Wildman–Crippen LogP) is 2.92. The van der Waals surface area contributed by atoms with Crippen LogP contribution in [0.5, 0.6) is 0 Å². The number of anilines is 3.